The Kier molecular flexibility index (Phi) is 6.00. The summed E-state index contributed by atoms with van der Waals surface area (Å²) in [6.07, 6.45) is 3.03. The van der Waals surface area contributed by atoms with Crippen LogP contribution >= 0.6 is 35.3 Å². The zero-order valence-corrected chi connectivity index (χ0v) is 11.7. The van der Waals surface area contributed by atoms with E-state index < -0.39 is 0 Å². The molecular formula is C10H17Cl2N3S. The largest absolute Gasteiger partial charge is 0.319 e. The number of nitrogens with zero attached hydrogens (tertiary/aromatic N) is 2. The summed E-state index contributed by atoms with van der Waals surface area (Å²) >= 11 is 7.44. The molecule has 1 aromatic rings. The first-order valence-corrected chi connectivity index (χ1v) is 6.44. The number of halogens is 2. The Balaban J connectivity index is 0.00000128. The molecule has 2 rings (SSSR count). The van der Waals surface area contributed by atoms with Crippen molar-refractivity contribution in [3.05, 3.63) is 15.5 Å². The van der Waals surface area contributed by atoms with E-state index in [2.05, 4.69) is 15.2 Å². The molecule has 1 fully saturated rings. The average molecular weight is 282 g/mol. The molecule has 1 aliphatic rings. The smallest absolute Gasteiger partial charge is 0.113 e. The molecule has 0 amide bonds. The Hall–Kier alpha value is 0.130. The van der Waals surface area contributed by atoms with Gasteiger partial charge < -0.3 is 5.32 Å². The minimum Gasteiger partial charge on any atom is -0.319 e. The third-order valence-corrected chi connectivity index (χ3v) is 3.85. The van der Waals surface area contributed by atoms with Crippen molar-refractivity contribution in [1.29, 1.82) is 0 Å². The lowest BCUT2D eigenvalue weighted by Gasteiger charge is -2.13. The highest BCUT2D eigenvalue weighted by Gasteiger charge is 2.22. The van der Waals surface area contributed by atoms with Gasteiger partial charge in [0.1, 0.15) is 9.34 Å². The number of likely N-dealkylation sites (tertiary alicyclic amines) is 1. The molecule has 3 nitrogen and oxygen atoms in total. The van der Waals surface area contributed by atoms with Crippen LogP contribution in [0.5, 0.6) is 0 Å². The van der Waals surface area contributed by atoms with Gasteiger partial charge in [-0.25, -0.2) is 4.98 Å². The van der Waals surface area contributed by atoms with Gasteiger partial charge in [-0.15, -0.1) is 23.7 Å². The van der Waals surface area contributed by atoms with Gasteiger partial charge in [-0.1, -0.05) is 11.6 Å². The van der Waals surface area contributed by atoms with Crippen LogP contribution in [0.25, 0.3) is 0 Å². The molecule has 92 valence electrons. The van der Waals surface area contributed by atoms with Crippen LogP contribution in [0, 0.1) is 5.92 Å². The van der Waals surface area contributed by atoms with E-state index in [-0.39, 0.29) is 12.4 Å². The SMILES string of the molecule is CNCC1CCN(Cc2ncc(Cl)s2)C1.Cl. The van der Waals surface area contributed by atoms with Gasteiger partial charge >= 0.3 is 0 Å². The highest BCUT2D eigenvalue weighted by molar-refractivity contribution is 7.15. The van der Waals surface area contributed by atoms with Crippen molar-refractivity contribution in [3.63, 3.8) is 0 Å². The van der Waals surface area contributed by atoms with Crippen molar-refractivity contribution in [2.45, 2.75) is 13.0 Å². The fraction of sp³-hybridized carbons (Fsp3) is 0.700. The van der Waals surface area contributed by atoms with Crippen molar-refractivity contribution >= 4 is 35.3 Å². The predicted octanol–water partition coefficient (Wildman–Crippen LogP) is 2.26. The Bertz CT molecular complexity index is 319. The molecule has 1 aromatic heterocycles. The highest BCUT2D eigenvalue weighted by Crippen LogP contribution is 2.22. The average Bonchev–Trinajstić information content (AvgIpc) is 2.78. The number of aromatic nitrogens is 1. The van der Waals surface area contributed by atoms with Gasteiger partial charge in [0.15, 0.2) is 0 Å². The zero-order valence-electron chi connectivity index (χ0n) is 9.28. The van der Waals surface area contributed by atoms with Gasteiger partial charge in [0.05, 0.1) is 12.7 Å². The lowest BCUT2D eigenvalue weighted by atomic mass is 10.1. The fourth-order valence-electron chi connectivity index (χ4n) is 2.06. The molecule has 0 saturated carbocycles. The first-order chi connectivity index (χ1) is 7.28. The lowest BCUT2D eigenvalue weighted by molar-refractivity contribution is 0.315. The Morgan fingerprint density at radius 2 is 2.50 bits per heavy atom. The van der Waals surface area contributed by atoms with Gasteiger partial charge in [-0.3, -0.25) is 4.90 Å². The van der Waals surface area contributed by atoms with Crippen LogP contribution in [0.2, 0.25) is 4.34 Å². The monoisotopic (exact) mass is 281 g/mol. The van der Waals surface area contributed by atoms with Crippen molar-refractivity contribution in [2.24, 2.45) is 5.92 Å². The van der Waals surface area contributed by atoms with Crippen LogP contribution in [0.1, 0.15) is 11.4 Å². The topological polar surface area (TPSA) is 28.2 Å². The van der Waals surface area contributed by atoms with Crippen molar-refractivity contribution in [2.75, 3.05) is 26.7 Å². The molecule has 1 aliphatic heterocycles. The summed E-state index contributed by atoms with van der Waals surface area (Å²) in [6, 6.07) is 0. The fourth-order valence-corrected chi connectivity index (χ4v) is 3.06. The summed E-state index contributed by atoms with van der Waals surface area (Å²) in [4.78, 5) is 6.74. The van der Waals surface area contributed by atoms with E-state index in [0.717, 1.165) is 28.4 Å². The molecule has 0 aliphatic carbocycles. The lowest BCUT2D eigenvalue weighted by Crippen LogP contribution is -2.24. The molecule has 0 aromatic carbocycles. The number of hydrogen-bond donors (Lipinski definition) is 1. The Morgan fingerprint density at radius 3 is 3.12 bits per heavy atom. The molecule has 0 bridgehead atoms. The zero-order chi connectivity index (χ0) is 10.7. The number of thiazole rings is 1. The van der Waals surface area contributed by atoms with Gasteiger partial charge in [0.25, 0.3) is 0 Å². The third-order valence-electron chi connectivity index (χ3n) is 2.75. The predicted molar refractivity (Wildman–Crippen MR) is 71.7 cm³/mol. The standard InChI is InChI=1S/C10H16ClN3S.ClH/c1-12-4-8-2-3-14(6-8)7-10-13-5-9(11)15-10;/h5,8,12H,2-4,6-7H2,1H3;1H. The number of hydrogen-bond acceptors (Lipinski definition) is 4. The van der Waals surface area contributed by atoms with Crippen LogP contribution < -0.4 is 5.32 Å². The minimum absolute atomic E-state index is 0. The van der Waals surface area contributed by atoms with E-state index in [9.17, 15) is 0 Å². The second-order valence-corrected chi connectivity index (χ2v) is 5.75. The second kappa shape index (κ2) is 6.77. The molecule has 6 heteroatoms. The van der Waals surface area contributed by atoms with Gasteiger partial charge in [-0.05, 0) is 32.5 Å². The summed E-state index contributed by atoms with van der Waals surface area (Å²) < 4.78 is 0.788. The van der Waals surface area contributed by atoms with Crippen molar-refractivity contribution in [1.82, 2.24) is 15.2 Å². The van der Waals surface area contributed by atoms with Crippen LogP contribution in [0.3, 0.4) is 0 Å². The Morgan fingerprint density at radius 1 is 1.69 bits per heavy atom. The summed E-state index contributed by atoms with van der Waals surface area (Å²) in [7, 11) is 2.02. The molecule has 1 N–H and O–H groups in total. The normalized spacial score (nSPS) is 21.0. The van der Waals surface area contributed by atoms with E-state index in [0.29, 0.717) is 0 Å². The maximum atomic E-state index is 5.85. The van der Waals surface area contributed by atoms with E-state index in [1.165, 1.54) is 19.5 Å². The van der Waals surface area contributed by atoms with Crippen LogP contribution in [0.15, 0.2) is 6.20 Å². The Labute approximate surface area is 112 Å². The molecule has 0 spiro atoms. The van der Waals surface area contributed by atoms with E-state index in [4.69, 9.17) is 11.6 Å². The van der Waals surface area contributed by atoms with Crippen LogP contribution in [-0.2, 0) is 6.54 Å². The number of nitrogens with one attached hydrogen (secondary N) is 1. The molecule has 1 unspecified atom stereocenters. The molecule has 2 heterocycles. The van der Waals surface area contributed by atoms with Gasteiger partial charge in [0.2, 0.25) is 0 Å². The summed E-state index contributed by atoms with van der Waals surface area (Å²) in [6.45, 7) is 4.44. The van der Waals surface area contributed by atoms with E-state index >= 15 is 0 Å². The maximum absolute atomic E-state index is 5.85. The maximum Gasteiger partial charge on any atom is 0.113 e. The molecular weight excluding hydrogens is 265 g/mol. The van der Waals surface area contributed by atoms with Gasteiger partial charge in [-0.2, -0.15) is 0 Å². The molecule has 0 radical (unpaired) electrons. The van der Waals surface area contributed by atoms with Crippen LogP contribution in [-0.4, -0.2) is 36.6 Å². The third kappa shape index (κ3) is 3.86. The first-order valence-electron chi connectivity index (χ1n) is 5.25. The molecule has 16 heavy (non-hydrogen) atoms. The van der Waals surface area contributed by atoms with Crippen LogP contribution in [0.4, 0.5) is 0 Å². The molecule has 1 saturated heterocycles. The summed E-state index contributed by atoms with van der Waals surface area (Å²) in [5.41, 5.74) is 0. The number of rotatable bonds is 4. The summed E-state index contributed by atoms with van der Waals surface area (Å²) in [5.74, 6) is 0.797. The quantitative estimate of drug-likeness (QED) is 0.918. The van der Waals surface area contributed by atoms with E-state index in [1.807, 2.05) is 7.05 Å². The molecule has 1 atom stereocenters. The van der Waals surface area contributed by atoms with Crippen molar-refractivity contribution in [3.8, 4) is 0 Å². The van der Waals surface area contributed by atoms with Gasteiger partial charge in [0, 0.05) is 6.54 Å². The second-order valence-electron chi connectivity index (χ2n) is 4.01. The minimum atomic E-state index is 0. The first kappa shape index (κ1) is 14.2. The highest BCUT2D eigenvalue weighted by atomic mass is 35.5. The van der Waals surface area contributed by atoms with E-state index in [1.54, 1.807) is 17.5 Å². The van der Waals surface area contributed by atoms with Crippen molar-refractivity contribution < 1.29 is 0 Å². The summed E-state index contributed by atoms with van der Waals surface area (Å²) in [5, 5.41) is 4.37.